The molecule has 4 aliphatic carbocycles. The van der Waals surface area contributed by atoms with Gasteiger partial charge >= 0.3 is 0 Å². The van der Waals surface area contributed by atoms with Crippen molar-refractivity contribution in [3.8, 4) is 12.3 Å². The molecule has 4 fully saturated rings. The van der Waals surface area contributed by atoms with E-state index in [2.05, 4.69) is 12.8 Å². The predicted octanol–water partition coefficient (Wildman–Crippen LogP) is 4.27. The van der Waals surface area contributed by atoms with Crippen LogP contribution in [0.5, 0.6) is 0 Å². The van der Waals surface area contributed by atoms with Crippen molar-refractivity contribution in [2.45, 2.75) is 65.2 Å². The van der Waals surface area contributed by atoms with Gasteiger partial charge in [0.1, 0.15) is 11.6 Å². The molecular formula is C22H30O2. The second-order valence-electron chi connectivity index (χ2n) is 9.35. The second kappa shape index (κ2) is 5.72. The molecule has 4 aliphatic rings. The van der Waals surface area contributed by atoms with Crippen LogP contribution in [0.4, 0.5) is 0 Å². The van der Waals surface area contributed by atoms with Crippen molar-refractivity contribution in [2.24, 2.45) is 46.8 Å². The normalized spacial score (nSPS) is 50.4. The summed E-state index contributed by atoms with van der Waals surface area (Å²) >= 11 is 0. The molecule has 4 rings (SSSR count). The molecule has 0 aromatic heterocycles. The monoisotopic (exact) mass is 326 g/mol. The van der Waals surface area contributed by atoms with Crippen LogP contribution in [0.3, 0.4) is 0 Å². The van der Waals surface area contributed by atoms with Crippen LogP contribution in [-0.4, -0.2) is 11.6 Å². The number of ketones is 2. The molecule has 0 heterocycles. The van der Waals surface area contributed by atoms with E-state index in [-0.39, 0.29) is 17.3 Å². The van der Waals surface area contributed by atoms with Gasteiger partial charge in [-0.2, -0.15) is 0 Å². The highest BCUT2D eigenvalue weighted by Gasteiger charge is 2.58. The fourth-order valence-corrected chi connectivity index (χ4v) is 7.62. The molecule has 2 nitrogen and oxygen atoms in total. The van der Waals surface area contributed by atoms with E-state index in [1.807, 2.05) is 0 Å². The Kier molecular flexibility index (Phi) is 3.90. The Morgan fingerprint density at radius 3 is 2.62 bits per heavy atom. The Hall–Kier alpha value is -1.10. The molecule has 0 aromatic carbocycles. The standard InChI is InChI=1S/C22H30O2/c1-4-14-11-16(24)12-15-5-6-17-18(21(14)15)9-10-22(3)19(13(2)23)7-8-20(17)22/h1,14-15,17-21H,5-12H2,2-3H3/t14?,15-,17+,18-,19+,20-,21-,22+/m0/s1. The molecule has 0 amide bonds. The smallest absolute Gasteiger partial charge is 0.134 e. The maximum atomic E-state index is 12.2. The molecule has 8 atom stereocenters. The summed E-state index contributed by atoms with van der Waals surface area (Å²) in [5, 5.41) is 0. The molecule has 0 radical (unpaired) electrons. The number of hydrogen-bond acceptors (Lipinski definition) is 2. The molecule has 0 N–H and O–H groups in total. The van der Waals surface area contributed by atoms with E-state index in [9.17, 15) is 9.59 Å². The lowest BCUT2D eigenvalue weighted by Gasteiger charge is -2.56. The summed E-state index contributed by atoms with van der Waals surface area (Å²) in [5.74, 6) is 7.43. The van der Waals surface area contributed by atoms with Crippen LogP contribution in [0.25, 0.3) is 0 Å². The van der Waals surface area contributed by atoms with Gasteiger partial charge in [-0.25, -0.2) is 0 Å². The van der Waals surface area contributed by atoms with E-state index in [0.29, 0.717) is 41.7 Å². The summed E-state index contributed by atoms with van der Waals surface area (Å²) in [6, 6.07) is 0. The summed E-state index contributed by atoms with van der Waals surface area (Å²) < 4.78 is 0. The highest BCUT2D eigenvalue weighted by Crippen LogP contribution is 2.64. The van der Waals surface area contributed by atoms with Crippen LogP contribution in [0, 0.1) is 59.2 Å². The fourth-order valence-electron chi connectivity index (χ4n) is 7.62. The number of Topliss-reactive ketones (excluding diaryl/α,β-unsaturated/α-hetero) is 2. The highest BCUT2D eigenvalue weighted by atomic mass is 16.1. The number of fused-ring (bicyclic) bond motifs is 5. The Labute approximate surface area is 146 Å². The number of carbonyl (C=O) groups excluding carboxylic acids is 2. The van der Waals surface area contributed by atoms with Gasteiger partial charge in [-0.1, -0.05) is 6.92 Å². The van der Waals surface area contributed by atoms with Gasteiger partial charge in [0.15, 0.2) is 0 Å². The van der Waals surface area contributed by atoms with Crippen molar-refractivity contribution in [1.82, 2.24) is 0 Å². The van der Waals surface area contributed by atoms with Crippen LogP contribution in [-0.2, 0) is 9.59 Å². The molecular weight excluding hydrogens is 296 g/mol. The molecule has 2 heteroatoms. The van der Waals surface area contributed by atoms with E-state index >= 15 is 0 Å². The Bertz CT molecular complexity index is 600. The first-order valence-electron chi connectivity index (χ1n) is 9.94. The summed E-state index contributed by atoms with van der Waals surface area (Å²) in [5.41, 5.74) is 0.218. The Morgan fingerprint density at radius 2 is 1.92 bits per heavy atom. The van der Waals surface area contributed by atoms with E-state index in [1.165, 1.54) is 32.1 Å². The molecule has 24 heavy (non-hydrogen) atoms. The van der Waals surface area contributed by atoms with Gasteiger partial charge in [0.05, 0.1) is 0 Å². The van der Waals surface area contributed by atoms with Crippen molar-refractivity contribution in [1.29, 1.82) is 0 Å². The summed E-state index contributed by atoms with van der Waals surface area (Å²) in [6.07, 6.45) is 14.3. The first kappa shape index (κ1) is 16.4. The minimum Gasteiger partial charge on any atom is -0.300 e. The van der Waals surface area contributed by atoms with Crippen molar-refractivity contribution in [3.63, 3.8) is 0 Å². The lowest BCUT2D eigenvalue weighted by Crippen LogP contribution is -2.51. The van der Waals surface area contributed by atoms with Gasteiger partial charge in [-0.3, -0.25) is 9.59 Å². The lowest BCUT2D eigenvalue weighted by atomic mass is 9.48. The molecule has 130 valence electrons. The highest BCUT2D eigenvalue weighted by molar-refractivity contribution is 5.80. The quantitative estimate of drug-likeness (QED) is 0.674. The van der Waals surface area contributed by atoms with Crippen molar-refractivity contribution < 1.29 is 9.59 Å². The SMILES string of the molecule is C#CC1CC(=O)C[C@@H]2CC[C@@H]3[C@H](CC[C@]4(C)[C@@H](C(C)=O)CC[C@@H]34)[C@@H]12. The van der Waals surface area contributed by atoms with Gasteiger partial charge in [0.25, 0.3) is 0 Å². The van der Waals surface area contributed by atoms with E-state index in [4.69, 9.17) is 6.42 Å². The zero-order valence-electron chi connectivity index (χ0n) is 15.1. The topological polar surface area (TPSA) is 34.1 Å². The van der Waals surface area contributed by atoms with Gasteiger partial charge in [0, 0.05) is 24.7 Å². The van der Waals surface area contributed by atoms with Crippen LogP contribution in [0.1, 0.15) is 65.2 Å². The third kappa shape index (κ3) is 2.23. The van der Waals surface area contributed by atoms with Crippen molar-refractivity contribution in [2.75, 3.05) is 0 Å². The first-order chi connectivity index (χ1) is 11.5. The number of carbonyl (C=O) groups is 2. The van der Waals surface area contributed by atoms with Gasteiger partial charge in [-0.05, 0) is 80.5 Å². The Balaban J connectivity index is 1.62. The summed E-state index contributed by atoms with van der Waals surface area (Å²) in [6.45, 7) is 4.19. The molecule has 0 saturated heterocycles. The maximum Gasteiger partial charge on any atom is 0.134 e. The third-order valence-electron chi connectivity index (χ3n) is 8.51. The van der Waals surface area contributed by atoms with Gasteiger partial charge < -0.3 is 0 Å². The molecule has 0 spiro atoms. The van der Waals surface area contributed by atoms with Crippen LogP contribution in [0.15, 0.2) is 0 Å². The molecule has 0 aromatic rings. The third-order valence-corrected chi connectivity index (χ3v) is 8.51. The fraction of sp³-hybridized carbons (Fsp3) is 0.818. The van der Waals surface area contributed by atoms with Gasteiger partial charge in [-0.15, -0.1) is 12.3 Å². The van der Waals surface area contributed by atoms with Crippen LogP contribution < -0.4 is 0 Å². The van der Waals surface area contributed by atoms with Crippen LogP contribution in [0.2, 0.25) is 0 Å². The minimum atomic E-state index is 0.165. The minimum absolute atomic E-state index is 0.165. The number of terminal acetylenes is 1. The van der Waals surface area contributed by atoms with E-state index in [1.54, 1.807) is 6.92 Å². The maximum absolute atomic E-state index is 12.2. The zero-order chi connectivity index (χ0) is 17.1. The molecule has 1 unspecified atom stereocenters. The zero-order valence-corrected chi connectivity index (χ0v) is 15.1. The van der Waals surface area contributed by atoms with Gasteiger partial charge in [0.2, 0.25) is 0 Å². The lowest BCUT2D eigenvalue weighted by molar-refractivity contribution is -0.134. The number of rotatable bonds is 1. The molecule has 0 bridgehead atoms. The van der Waals surface area contributed by atoms with E-state index in [0.717, 1.165) is 18.8 Å². The first-order valence-corrected chi connectivity index (χ1v) is 9.94. The predicted molar refractivity (Wildman–Crippen MR) is 94.0 cm³/mol. The van der Waals surface area contributed by atoms with Crippen molar-refractivity contribution >= 4 is 11.6 Å². The summed E-state index contributed by atoms with van der Waals surface area (Å²) in [7, 11) is 0. The van der Waals surface area contributed by atoms with Crippen molar-refractivity contribution in [3.05, 3.63) is 0 Å². The number of hydrogen-bond donors (Lipinski definition) is 0. The Morgan fingerprint density at radius 1 is 1.12 bits per heavy atom. The average molecular weight is 326 g/mol. The summed E-state index contributed by atoms with van der Waals surface area (Å²) in [4.78, 5) is 24.2. The average Bonchev–Trinajstić information content (AvgIpc) is 2.90. The molecule has 0 aliphatic heterocycles. The molecule has 4 saturated carbocycles. The van der Waals surface area contributed by atoms with E-state index < -0.39 is 0 Å². The largest absolute Gasteiger partial charge is 0.300 e. The van der Waals surface area contributed by atoms with Crippen LogP contribution >= 0.6 is 0 Å². The second-order valence-corrected chi connectivity index (χ2v) is 9.35.